The number of amides is 2. The van der Waals surface area contributed by atoms with Crippen molar-refractivity contribution < 1.29 is 9.90 Å². The number of carbonyl (C=O) groups is 1. The molecule has 3 N–H and O–H groups in total. The molecule has 1 fully saturated rings. The van der Waals surface area contributed by atoms with Gasteiger partial charge in [-0.05, 0) is 53.7 Å². The van der Waals surface area contributed by atoms with Crippen LogP contribution in [0.2, 0.25) is 0 Å². The lowest BCUT2D eigenvalue weighted by atomic mass is 10.2. The molecule has 0 aromatic carbocycles. The Morgan fingerprint density at radius 2 is 2.33 bits per heavy atom. The van der Waals surface area contributed by atoms with Crippen molar-refractivity contribution in [1.82, 2.24) is 10.3 Å². The second-order valence-electron chi connectivity index (χ2n) is 4.50. The molecule has 2 amide bonds. The van der Waals surface area contributed by atoms with Gasteiger partial charge in [-0.1, -0.05) is 0 Å². The maximum atomic E-state index is 11.6. The molecule has 1 aromatic heterocycles. The van der Waals surface area contributed by atoms with Gasteiger partial charge < -0.3 is 10.4 Å². The average Bonchev–Trinajstić information content (AvgIpc) is 3.15. The number of pyridine rings is 1. The highest BCUT2D eigenvalue weighted by Crippen LogP contribution is 2.32. The molecule has 0 aliphatic heterocycles. The van der Waals surface area contributed by atoms with Crippen LogP contribution in [0.15, 0.2) is 16.6 Å². The summed E-state index contributed by atoms with van der Waals surface area (Å²) in [5, 5.41) is 14.9. The minimum absolute atomic E-state index is 0.284. The van der Waals surface area contributed by atoms with E-state index in [9.17, 15) is 9.90 Å². The lowest BCUT2D eigenvalue weighted by Crippen LogP contribution is -2.36. The molecule has 0 saturated heterocycles. The Balaban J connectivity index is 1.80. The quantitative estimate of drug-likeness (QED) is 0.796. The summed E-state index contributed by atoms with van der Waals surface area (Å²) in [4.78, 5) is 15.8. The summed E-state index contributed by atoms with van der Waals surface area (Å²) in [6.07, 6.45) is 1.67. The van der Waals surface area contributed by atoms with Gasteiger partial charge in [0.25, 0.3) is 0 Å². The molecule has 5 nitrogen and oxygen atoms in total. The Hall–Kier alpha value is -1.14. The van der Waals surface area contributed by atoms with Crippen LogP contribution < -0.4 is 10.6 Å². The molecule has 1 aliphatic carbocycles. The van der Waals surface area contributed by atoms with E-state index in [0.29, 0.717) is 11.7 Å². The van der Waals surface area contributed by atoms with Crippen LogP contribution >= 0.6 is 15.9 Å². The first-order chi connectivity index (χ1) is 8.56. The first-order valence-electron chi connectivity index (χ1n) is 5.92. The van der Waals surface area contributed by atoms with Gasteiger partial charge in [0, 0.05) is 11.0 Å². The summed E-state index contributed by atoms with van der Waals surface area (Å²) in [6.45, 7) is 2.13. The summed E-state index contributed by atoms with van der Waals surface area (Å²) >= 11 is 3.34. The van der Waals surface area contributed by atoms with Crippen LogP contribution in [-0.4, -0.2) is 28.8 Å². The topological polar surface area (TPSA) is 74.2 Å². The molecule has 1 unspecified atom stereocenters. The van der Waals surface area contributed by atoms with E-state index >= 15 is 0 Å². The Morgan fingerprint density at radius 1 is 1.61 bits per heavy atom. The molecule has 0 spiro atoms. The van der Waals surface area contributed by atoms with E-state index in [0.717, 1.165) is 23.0 Å². The molecular weight excluding hydrogens is 298 g/mol. The van der Waals surface area contributed by atoms with Crippen LogP contribution in [0.25, 0.3) is 0 Å². The second kappa shape index (κ2) is 5.67. The highest BCUT2D eigenvalue weighted by Gasteiger charge is 2.29. The Bertz CT molecular complexity index is 449. The number of halogens is 1. The fourth-order valence-electron chi connectivity index (χ4n) is 1.62. The van der Waals surface area contributed by atoms with E-state index in [-0.39, 0.29) is 12.6 Å². The average molecular weight is 314 g/mol. The zero-order chi connectivity index (χ0) is 13.1. The normalized spacial score (nSPS) is 16.2. The van der Waals surface area contributed by atoms with Gasteiger partial charge in [-0.15, -0.1) is 0 Å². The molecule has 2 rings (SSSR count). The molecule has 6 heteroatoms. The maximum absolute atomic E-state index is 11.6. The standard InChI is InChI=1S/C12H16BrN3O2/c1-7-9(13)4-5-11(15-7)16-12(18)14-6-10(17)8-2-3-8/h4-5,8,10,17H,2-3,6H2,1H3,(H2,14,15,16,18). The van der Waals surface area contributed by atoms with Crippen molar-refractivity contribution in [1.29, 1.82) is 0 Å². The van der Waals surface area contributed by atoms with Crippen molar-refractivity contribution in [3.8, 4) is 0 Å². The van der Waals surface area contributed by atoms with Crippen molar-refractivity contribution in [2.24, 2.45) is 5.92 Å². The predicted octanol–water partition coefficient (Wildman–Crippen LogP) is 2.04. The van der Waals surface area contributed by atoms with E-state index in [1.165, 1.54) is 0 Å². The van der Waals surface area contributed by atoms with Crippen LogP contribution in [0.4, 0.5) is 10.6 Å². The first-order valence-corrected chi connectivity index (χ1v) is 6.71. The fourth-order valence-corrected chi connectivity index (χ4v) is 1.84. The molecule has 1 heterocycles. The number of hydrogen-bond donors (Lipinski definition) is 3. The number of anilines is 1. The van der Waals surface area contributed by atoms with Gasteiger partial charge in [-0.3, -0.25) is 5.32 Å². The summed E-state index contributed by atoms with van der Waals surface area (Å²) in [5.74, 6) is 0.854. The Labute approximate surface area is 114 Å². The van der Waals surface area contributed by atoms with Gasteiger partial charge in [-0.2, -0.15) is 0 Å². The van der Waals surface area contributed by atoms with E-state index < -0.39 is 6.10 Å². The molecular formula is C12H16BrN3O2. The largest absolute Gasteiger partial charge is 0.391 e. The minimum Gasteiger partial charge on any atom is -0.391 e. The molecule has 1 aliphatic rings. The van der Waals surface area contributed by atoms with Crippen LogP contribution in [0, 0.1) is 12.8 Å². The van der Waals surface area contributed by atoms with Crippen molar-refractivity contribution in [2.45, 2.75) is 25.9 Å². The van der Waals surface area contributed by atoms with Crippen molar-refractivity contribution >= 4 is 27.8 Å². The highest BCUT2D eigenvalue weighted by molar-refractivity contribution is 9.10. The van der Waals surface area contributed by atoms with Crippen molar-refractivity contribution in [3.05, 3.63) is 22.3 Å². The molecule has 0 radical (unpaired) electrons. The molecule has 1 atom stereocenters. The lowest BCUT2D eigenvalue weighted by molar-refractivity contribution is 0.150. The van der Waals surface area contributed by atoms with Gasteiger partial charge in [0.15, 0.2) is 0 Å². The Kier molecular flexibility index (Phi) is 4.19. The fraction of sp³-hybridized carbons (Fsp3) is 0.500. The van der Waals surface area contributed by atoms with Gasteiger partial charge >= 0.3 is 6.03 Å². The van der Waals surface area contributed by atoms with Crippen molar-refractivity contribution in [2.75, 3.05) is 11.9 Å². The molecule has 18 heavy (non-hydrogen) atoms. The van der Waals surface area contributed by atoms with Gasteiger partial charge in [0.1, 0.15) is 5.82 Å². The second-order valence-corrected chi connectivity index (χ2v) is 5.36. The number of urea groups is 1. The summed E-state index contributed by atoms with van der Waals surface area (Å²) in [6, 6.07) is 3.20. The highest BCUT2D eigenvalue weighted by atomic mass is 79.9. The van der Waals surface area contributed by atoms with E-state index in [4.69, 9.17) is 0 Å². The predicted molar refractivity (Wildman–Crippen MR) is 72.4 cm³/mol. The minimum atomic E-state index is -0.435. The SMILES string of the molecule is Cc1nc(NC(=O)NCC(O)C2CC2)ccc1Br. The molecule has 1 aromatic rings. The van der Waals surface area contributed by atoms with Gasteiger partial charge in [-0.25, -0.2) is 9.78 Å². The lowest BCUT2D eigenvalue weighted by Gasteiger charge is -2.11. The van der Waals surface area contributed by atoms with Crippen LogP contribution in [0.1, 0.15) is 18.5 Å². The zero-order valence-electron chi connectivity index (χ0n) is 10.1. The first kappa shape index (κ1) is 13.3. The number of aryl methyl sites for hydroxylation is 1. The van der Waals surface area contributed by atoms with E-state index in [1.54, 1.807) is 6.07 Å². The number of aliphatic hydroxyl groups is 1. The number of carbonyl (C=O) groups excluding carboxylic acids is 1. The van der Waals surface area contributed by atoms with Crippen molar-refractivity contribution in [3.63, 3.8) is 0 Å². The maximum Gasteiger partial charge on any atom is 0.320 e. The number of nitrogens with one attached hydrogen (secondary N) is 2. The smallest absolute Gasteiger partial charge is 0.320 e. The monoisotopic (exact) mass is 313 g/mol. The van der Waals surface area contributed by atoms with E-state index in [2.05, 4.69) is 31.5 Å². The van der Waals surface area contributed by atoms with Crippen LogP contribution in [0.5, 0.6) is 0 Å². The number of aliphatic hydroxyl groups excluding tert-OH is 1. The van der Waals surface area contributed by atoms with Crippen LogP contribution in [-0.2, 0) is 0 Å². The third-order valence-corrected chi connectivity index (χ3v) is 3.74. The molecule has 1 saturated carbocycles. The Morgan fingerprint density at radius 3 is 2.94 bits per heavy atom. The third kappa shape index (κ3) is 3.68. The van der Waals surface area contributed by atoms with Gasteiger partial charge in [0.2, 0.25) is 0 Å². The number of aromatic nitrogens is 1. The summed E-state index contributed by atoms with van der Waals surface area (Å²) in [5.41, 5.74) is 0.811. The molecule has 0 bridgehead atoms. The number of rotatable bonds is 4. The zero-order valence-corrected chi connectivity index (χ0v) is 11.7. The third-order valence-electron chi connectivity index (χ3n) is 2.90. The van der Waals surface area contributed by atoms with Gasteiger partial charge in [0.05, 0.1) is 11.8 Å². The number of nitrogens with zero attached hydrogens (tertiary/aromatic N) is 1. The summed E-state index contributed by atoms with van der Waals surface area (Å²) < 4.78 is 0.901. The molecule has 98 valence electrons. The van der Waals surface area contributed by atoms with E-state index in [1.807, 2.05) is 13.0 Å². The summed E-state index contributed by atoms with van der Waals surface area (Å²) in [7, 11) is 0. The van der Waals surface area contributed by atoms with Crippen LogP contribution in [0.3, 0.4) is 0 Å². The number of hydrogen-bond acceptors (Lipinski definition) is 3.